The van der Waals surface area contributed by atoms with Gasteiger partial charge in [-0.25, -0.2) is 0 Å². The van der Waals surface area contributed by atoms with Crippen LogP contribution in [0.4, 0.5) is 0 Å². The van der Waals surface area contributed by atoms with Crippen molar-refractivity contribution in [3.05, 3.63) is 67.3 Å². The standard InChI is InChI=1S/2C6H18NSi2.2C5H4BrN.2Fe.2S/c2*1-8(2,3)7-9(4,5)6;2*6-5-2-1-3-7-4-5;;;;/h2*1-6H3;2*1-4H;;;;/q2*-1;;;2*+3;2*-2. The Labute approximate surface area is 279 Å². The van der Waals surface area contributed by atoms with Gasteiger partial charge in [-0.2, -0.15) is 0 Å². The molecule has 0 N–H and O–H groups in total. The summed E-state index contributed by atoms with van der Waals surface area (Å²) in [5, 5.41) is 0. The number of pyridine rings is 2. The van der Waals surface area contributed by atoms with E-state index in [1.54, 1.807) is 24.8 Å². The molecule has 14 heteroatoms. The van der Waals surface area contributed by atoms with E-state index in [-0.39, 0.29) is 61.1 Å². The van der Waals surface area contributed by atoms with E-state index >= 15 is 0 Å². The molecular formula is C22H44Br2Fe2N4S2Si4. The second-order valence-corrected chi connectivity index (χ2v) is 32.2. The predicted molar refractivity (Wildman–Crippen MR) is 179 cm³/mol. The Morgan fingerprint density at radius 1 is 0.528 bits per heavy atom. The first kappa shape index (κ1) is 50.6. The van der Waals surface area contributed by atoms with Gasteiger partial charge in [-0.15, -0.1) is 0 Å². The molecule has 2 heterocycles. The first-order valence-electron chi connectivity index (χ1n) is 10.8. The zero-order valence-electron chi connectivity index (χ0n) is 23.7. The molecule has 2 aromatic rings. The third-order valence-corrected chi connectivity index (χ3v) is 14.3. The molecule has 0 amide bonds. The maximum Gasteiger partial charge on any atom is 3.00 e. The van der Waals surface area contributed by atoms with Crippen molar-refractivity contribution in [1.82, 2.24) is 9.97 Å². The maximum absolute atomic E-state index is 4.82. The Morgan fingerprint density at radius 2 is 0.750 bits per heavy atom. The van der Waals surface area contributed by atoms with Crippen LogP contribution in [0.25, 0.3) is 9.30 Å². The molecule has 4 nitrogen and oxygen atoms in total. The van der Waals surface area contributed by atoms with E-state index in [4.69, 9.17) is 9.30 Å². The van der Waals surface area contributed by atoms with Gasteiger partial charge < -0.3 is 36.3 Å². The fourth-order valence-electron chi connectivity index (χ4n) is 2.70. The van der Waals surface area contributed by atoms with Crippen LogP contribution < -0.4 is 0 Å². The zero-order valence-corrected chi connectivity index (χ0v) is 34.7. The van der Waals surface area contributed by atoms with Crippen LogP contribution in [-0.2, 0) is 61.1 Å². The van der Waals surface area contributed by atoms with Gasteiger partial charge in [-0.05, 0) is 56.1 Å². The van der Waals surface area contributed by atoms with Gasteiger partial charge in [0.05, 0.1) is 0 Å². The molecule has 0 aliphatic carbocycles. The molecular weight excluding hydrogens is 768 g/mol. The average molecular weight is 813 g/mol. The van der Waals surface area contributed by atoms with E-state index < -0.39 is 32.9 Å². The van der Waals surface area contributed by atoms with Crippen LogP contribution in [0.1, 0.15) is 0 Å². The van der Waals surface area contributed by atoms with Crippen LogP contribution in [-0.4, -0.2) is 42.9 Å². The number of hydrogen-bond acceptors (Lipinski definition) is 2. The van der Waals surface area contributed by atoms with Crippen molar-refractivity contribution in [3.8, 4) is 0 Å². The van der Waals surface area contributed by atoms with E-state index in [1.165, 1.54) is 0 Å². The van der Waals surface area contributed by atoms with Crippen molar-refractivity contribution in [2.75, 3.05) is 0 Å². The minimum atomic E-state index is -1.11. The Kier molecular flexibility index (Phi) is 34.5. The largest absolute Gasteiger partial charge is 3.00 e. The molecule has 2 aromatic heterocycles. The zero-order chi connectivity index (χ0) is 25.6. The topological polar surface area (TPSA) is 54.0 Å². The maximum atomic E-state index is 4.82. The molecule has 0 saturated heterocycles. The number of hydrogen-bond donors (Lipinski definition) is 0. The molecule has 0 aliphatic rings. The van der Waals surface area contributed by atoms with Gasteiger partial charge in [-0.3, -0.25) is 9.97 Å². The fourth-order valence-corrected chi connectivity index (χ4v) is 19.3. The van der Waals surface area contributed by atoms with Crippen LogP contribution >= 0.6 is 31.9 Å². The summed E-state index contributed by atoms with van der Waals surface area (Å²) in [5.41, 5.74) is 0. The summed E-state index contributed by atoms with van der Waals surface area (Å²) in [6, 6.07) is 7.63. The van der Waals surface area contributed by atoms with Crippen molar-refractivity contribution in [3.63, 3.8) is 0 Å². The van der Waals surface area contributed by atoms with Gasteiger partial charge in [0.1, 0.15) is 0 Å². The minimum Gasteiger partial charge on any atom is -2.00 e. The van der Waals surface area contributed by atoms with E-state index in [1.807, 2.05) is 24.3 Å². The molecule has 2 radical (unpaired) electrons. The van der Waals surface area contributed by atoms with Crippen LogP contribution in [0, 0.1) is 0 Å². The molecule has 210 valence electrons. The third-order valence-electron chi connectivity index (χ3n) is 2.59. The van der Waals surface area contributed by atoms with Gasteiger partial charge in [0.2, 0.25) is 0 Å². The number of aromatic nitrogens is 2. The van der Waals surface area contributed by atoms with Crippen molar-refractivity contribution < 1.29 is 34.1 Å². The van der Waals surface area contributed by atoms with E-state index in [2.05, 4.69) is 120 Å². The SMILES string of the molecule is Brc1cccnc1.Brc1cccnc1.C[Si](C)(C)[N-][Si](C)(C)C.C[Si](C)(C)[N-][Si](C)(C)C.[Fe+3].[Fe+3].[S-2].[S-2]. The number of nitrogens with zero attached hydrogens (tertiary/aromatic N) is 4. The van der Waals surface area contributed by atoms with Crippen molar-refractivity contribution in [2.24, 2.45) is 0 Å². The van der Waals surface area contributed by atoms with Crippen LogP contribution in [0.5, 0.6) is 0 Å². The molecule has 36 heavy (non-hydrogen) atoms. The normalized spacial score (nSPS) is 10.4. The van der Waals surface area contributed by atoms with Crippen molar-refractivity contribution >= 4 is 91.8 Å². The van der Waals surface area contributed by atoms with Crippen molar-refractivity contribution in [1.29, 1.82) is 0 Å². The first-order chi connectivity index (χ1) is 14.2. The van der Waals surface area contributed by atoms with Crippen LogP contribution in [0.3, 0.4) is 0 Å². The quantitative estimate of drug-likeness (QED) is 0.289. The smallest absolute Gasteiger partial charge is 2.00 e. The summed E-state index contributed by atoms with van der Waals surface area (Å²) in [6.45, 7) is 27.6. The van der Waals surface area contributed by atoms with Crippen LogP contribution in [0.2, 0.25) is 78.6 Å². The summed E-state index contributed by atoms with van der Waals surface area (Å²) < 4.78 is 11.7. The predicted octanol–water partition coefficient (Wildman–Crippen LogP) is 9.74. The Balaban J connectivity index is -0.0000000807. The van der Waals surface area contributed by atoms with Crippen LogP contribution in [0.15, 0.2) is 58.0 Å². The van der Waals surface area contributed by atoms with E-state index in [0.717, 1.165) is 8.95 Å². The average Bonchev–Trinajstić information content (AvgIpc) is 2.51. The summed E-state index contributed by atoms with van der Waals surface area (Å²) >= 11 is 6.50. The van der Waals surface area contributed by atoms with Gasteiger partial charge in [-0.1, -0.05) is 112 Å². The second-order valence-electron chi connectivity index (χ2n) is 11.2. The molecule has 0 unspecified atom stereocenters. The van der Waals surface area contributed by atoms with Crippen molar-refractivity contribution in [2.45, 2.75) is 78.6 Å². The fraction of sp³-hybridized carbons (Fsp3) is 0.545. The van der Waals surface area contributed by atoms with Gasteiger partial charge >= 0.3 is 34.1 Å². The number of halogens is 2. The second kappa shape index (κ2) is 24.6. The van der Waals surface area contributed by atoms with E-state index in [9.17, 15) is 0 Å². The summed E-state index contributed by atoms with van der Waals surface area (Å²) in [6.07, 6.45) is 6.98. The molecule has 0 atom stereocenters. The summed E-state index contributed by atoms with van der Waals surface area (Å²) in [7, 11) is -4.42. The minimum absolute atomic E-state index is 0. The van der Waals surface area contributed by atoms with Gasteiger partial charge in [0.15, 0.2) is 0 Å². The summed E-state index contributed by atoms with van der Waals surface area (Å²) in [5.74, 6) is 0. The monoisotopic (exact) mass is 810 g/mol. The molecule has 0 spiro atoms. The molecule has 0 bridgehead atoms. The molecule has 0 saturated carbocycles. The van der Waals surface area contributed by atoms with E-state index in [0.29, 0.717) is 0 Å². The van der Waals surface area contributed by atoms with Gasteiger partial charge in [0.25, 0.3) is 0 Å². The van der Waals surface area contributed by atoms with Gasteiger partial charge in [0, 0.05) is 33.7 Å². The molecule has 2 rings (SSSR count). The third kappa shape index (κ3) is 48.8. The Bertz CT molecular complexity index is 644. The molecule has 0 aromatic carbocycles. The molecule has 0 fully saturated rings. The Hall–Kier alpha value is 1.79. The molecule has 0 aliphatic heterocycles. The first-order valence-corrected chi connectivity index (χ1v) is 26.2. The number of rotatable bonds is 4. The summed E-state index contributed by atoms with van der Waals surface area (Å²) in [4.78, 5) is 7.67. The Morgan fingerprint density at radius 3 is 0.806 bits per heavy atom.